The molecule has 0 radical (unpaired) electrons. The molecule has 38 heavy (non-hydrogen) atoms. The number of aromatic nitrogens is 2. The number of nitrogens with zero attached hydrogens (tertiary/aromatic N) is 3. The summed E-state index contributed by atoms with van der Waals surface area (Å²) in [5, 5.41) is 9.02. The Bertz CT molecular complexity index is 983. The van der Waals surface area contributed by atoms with Gasteiger partial charge in [0.05, 0.1) is 6.54 Å². The van der Waals surface area contributed by atoms with Gasteiger partial charge in [0.15, 0.2) is 0 Å². The second-order valence-electron chi connectivity index (χ2n) is 10.7. The van der Waals surface area contributed by atoms with Gasteiger partial charge in [-0.15, -0.1) is 0 Å². The van der Waals surface area contributed by atoms with E-state index in [2.05, 4.69) is 23.0 Å². The van der Waals surface area contributed by atoms with E-state index < -0.39 is 5.97 Å². The van der Waals surface area contributed by atoms with Gasteiger partial charge >= 0.3 is 5.97 Å². The Morgan fingerprint density at radius 1 is 1.08 bits per heavy atom. The SMILES string of the molecule is CC=C(C=CCC1CCC(CC(=O)O)CC1)N1CCOc2nc(CCCCCCCCC)nc(N)c2C1=O. The molecular formula is C30H46N4O4. The number of carboxylic acid groups (broad SMARTS) is 1. The summed E-state index contributed by atoms with van der Waals surface area (Å²) >= 11 is 0. The molecule has 1 aliphatic heterocycles. The number of nitrogen functional groups attached to an aromatic ring is 1. The van der Waals surface area contributed by atoms with E-state index in [0.717, 1.165) is 57.1 Å². The van der Waals surface area contributed by atoms with Gasteiger partial charge in [0.1, 0.15) is 23.8 Å². The first kappa shape index (κ1) is 29.7. The van der Waals surface area contributed by atoms with Crippen molar-refractivity contribution in [2.75, 3.05) is 18.9 Å². The third-order valence-corrected chi connectivity index (χ3v) is 7.76. The number of carbonyl (C=O) groups is 2. The van der Waals surface area contributed by atoms with Crippen LogP contribution in [0, 0.1) is 11.8 Å². The Labute approximate surface area is 227 Å². The molecule has 2 aliphatic rings. The molecule has 3 rings (SSSR count). The highest BCUT2D eigenvalue weighted by atomic mass is 16.5. The van der Waals surface area contributed by atoms with E-state index in [1.807, 2.05) is 19.1 Å². The average molecular weight is 527 g/mol. The minimum atomic E-state index is -0.700. The van der Waals surface area contributed by atoms with Crippen LogP contribution in [-0.2, 0) is 11.2 Å². The largest absolute Gasteiger partial charge is 0.481 e. The number of carboxylic acids is 1. The average Bonchev–Trinajstić information content (AvgIpc) is 3.05. The lowest BCUT2D eigenvalue weighted by Gasteiger charge is -2.27. The fourth-order valence-corrected chi connectivity index (χ4v) is 5.52. The highest BCUT2D eigenvalue weighted by Crippen LogP contribution is 2.33. The van der Waals surface area contributed by atoms with Gasteiger partial charge in [0.2, 0.25) is 5.88 Å². The molecule has 0 atom stereocenters. The molecule has 0 bridgehead atoms. The quantitative estimate of drug-likeness (QED) is 0.215. The molecule has 8 nitrogen and oxygen atoms in total. The summed E-state index contributed by atoms with van der Waals surface area (Å²) in [4.78, 5) is 35.2. The van der Waals surface area contributed by atoms with Crippen LogP contribution in [0.1, 0.15) is 114 Å². The van der Waals surface area contributed by atoms with Crippen molar-refractivity contribution in [3.8, 4) is 5.88 Å². The number of carbonyl (C=O) groups excluding carboxylic acids is 1. The Kier molecular flexibility index (Phi) is 12.1. The number of anilines is 1. The van der Waals surface area contributed by atoms with Crippen molar-refractivity contribution in [1.29, 1.82) is 0 Å². The van der Waals surface area contributed by atoms with Gasteiger partial charge in [-0.05, 0) is 63.4 Å². The molecule has 1 aliphatic carbocycles. The van der Waals surface area contributed by atoms with Gasteiger partial charge in [0.25, 0.3) is 5.91 Å². The maximum absolute atomic E-state index is 13.5. The molecule has 210 valence electrons. The third kappa shape index (κ3) is 8.84. The van der Waals surface area contributed by atoms with Gasteiger partial charge in [-0.2, -0.15) is 4.98 Å². The van der Waals surface area contributed by atoms with Crippen LogP contribution < -0.4 is 10.5 Å². The van der Waals surface area contributed by atoms with Crippen LogP contribution in [0.15, 0.2) is 23.9 Å². The van der Waals surface area contributed by atoms with Crippen LogP contribution in [0.5, 0.6) is 5.88 Å². The number of allylic oxidation sites excluding steroid dienone is 3. The number of fused-ring (bicyclic) bond motifs is 1. The van der Waals surface area contributed by atoms with Crippen molar-refractivity contribution in [3.63, 3.8) is 0 Å². The molecule has 3 N–H and O–H groups in total. The topological polar surface area (TPSA) is 119 Å². The Morgan fingerprint density at radius 3 is 2.45 bits per heavy atom. The highest BCUT2D eigenvalue weighted by molar-refractivity contribution is 6.01. The van der Waals surface area contributed by atoms with E-state index in [-0.39, 0.29) is 23.7 Å². The van der Waals surface area contributed by atoms with Gasteiger partial charge in [-0.25, -0.2) is 4.98 Å². The zero-order chi connectivity index (χ0) is 27.3. The van der Waals surface area contributed by atoms with Crippen LogP contribution >= 0.6 is 0 Å². The number of aliphatic carboxylic acids is 1. The van der Waals surface area contributed by atoms with Gasteiger partial charge in [-0.3, -0.25) is 9.59 Å². The van der Waals surface area contributed by atoms with Crippen LogP contribution in [-0.4, -0.2) is 45.0 Å². The van der Waals surface area contributed by atoms with Gasteiger partial charge < -0.3 is 20.5 Å². The zero-order valence-corrected chi connectivity index (χ0v) is 23.3. The van der Waals surface area contributed by atoms with E-state index in [1.165, 1.54) is 32.1 Å². The van der Waals surface area contributed by atoms with Crippen molar-refractivity contribution in [2.24, 2.45) is 11.8 Å². The maximum atomic E-state index is 13.5. The predicted molar refractivity (Wildman–Crippen MR) is 150 cm³/mol. The van der Waals surface area contributed by atoms with E-state index in [0.29, 0.717) is 36.7 Å². The molecule has 2 heterocycles. The third-order valence-electron chi connectivity index (χ3n) is 7.76. The number of hydrogen-bond donors (Lipinski definition) is 2. The lowest BCUT2D eigenvalue weighted by Crippen LogP contribution is -2.31. The van der Waals surface area contributed by atoms with E-state index >= 15 is 0 Å². The summed E-state index contributed by atoms with van der Waals surface area (Å²) in [7, 11) is 0. The summed E-state index contributed by atoms with van der Waals surface area (Å²) in [6.45, 7) is 4.89. The summed E-state index contributed by atoms with van der Waals surface area (Å²) < 4.78 is 5.89. The van der Waals surface area contributed by atoms with Crippen molar-refractivity contribution in [1.82, 2.24) is 14.9 Å². The van der Waals surface area contributed by atoms with E-state index in [9.17, 15) is 9.59 Å². The molecule has 0 saturated heterocycles. The first-order valence-electron chi connectivity index (χ1n) is 14.6. The number of unbranched alkanes of at least 4 members (excludes halogenated alkanes) is 6. The lowest BCUT2D eigenvalue weighted by molar-refractivity contribution is -0.138. The summed E-state index contributed by atoms with van der Waals surface area (Å²) in [5.41, 5.74) is 7.33. The number of amides is 1. The first-order valence-corrected chi connectivity index (χ1v) is 14.6. The Morgan fingerprint density at radius 2 is 1.76 bits per heavy atom. The van der Waals surface area contributed by atoms with E-state index in [1.54, 1.807) is 4.90 Å². The lowest BCUT2D eigenvalue weighted by atomic mass is 9.79. The van der Waals surface area contributed by atoms with Crippen molar-refractivity contribution < 1.29 is 19.4 Å². The molecule has 8 heteroatoms. The smallest absolute Gasteiger partial charge is 0.303 e. The maximum Gasteiger partial charge on any atom is 0.303 e. The van der Waals surface area contributed by atoms with Crippen molar-refractivity contribution in [2.45, 2.75) is 104 Å². The Hall–Kier alpha value is -2.90. The standard InChI is InChI=1S/C30H46N4O4/c1-3-5-6-7-8-9-10-14-25-32-28(31)27-29(33-25)38-20-19-34(30(27)37)24(4-2)13-11-12-22-15-17-23(18-16-22)21-26(35)36/h4,11,13,22-23H,3,5-10,12,14-21H2,1-2H3,(H,35,36)(H2,31,32,33). The summed E-state index contributed by atoms with van der Waals surface area (Å²) in [6, 6.07) is 0. The second kappa shape index (κ2) is 15.5. The van der Waals surface area contributed by atoms with E-state index in [4.69, 9.17) is 15.6 Å². The molecule has 1 amide bonds. The minimum absolute atomic E-state index is 0.183. The van der Waals surface area contributed by atoms with Gasteiger partial charge in [0, 0.05) is 18.5 Å². The predicted octanol–water partition coefficient (Wildman–Crippen LogP) is 6.32. The summed E-state index contributed by atoms with van der Waals surface area (Å²) in [6.07, 6.45) is 20.5. The molecule has 0 spiro atoms. The molecule has 0 aromatic carbocycles. The molecule has 1 saturated carbocycles. The molecule has 1 fully saturated rings. The Balaban J connectivity index is 1.56. The van der Waals surface area contributed by atoms with Crippen LogP contribution in [0.2, 0.25) is 0 Å². The fourth-order valence-electron chi connectivity index (χ4n) is 5.52. The second-order valence-corrected chi connectivity index (χ2v) is 10.7. The highest BCUT2D eigenvalue weighted by Gasteiger charge is 2.30. The first-order chi connectivity index (χ1) is 18.4. The van der Waals surface area contributed by atoms with Crippen molar-refractivity contribution in [3.05, 3.63) is 35.3 Å². The number of hydrogen-bond acceptors (Lipinski definition) is 6. The van der Waals surface area contributed by atoms with Crippen LogP contribution in [0.3, 0.4) is 0 Å². The fraction of sp³-hybridized carbons (Fsp3) is 0.667. The van der Waals surface area contributed by atoms with Crippen molar-refractivity contribution >= 4 is 17.7 Å². The number of aryl methyl sites for hydroxylation is 1. The molecule has 1 aromatic heterocycles. The zero-order valence-electron chi connectivity index (χ0n) is 23.3. The van der Waals surface area contributed by atoms with Crippen LogP contribution in [0.4, 0.5) is 5.82 Å². The minimum Gasteiger partial charge on any atom is -0.481 e. The molecule has 1 aromatic rings. The number of ether oxygens (including phenoxy) is 1. The molecule has 0 unspecified atom stereocenters. The summed E-state index contributed by atoms with van der Waals surface area (Å²) in [5.74, 6) is 1.04. The van der Waals surface area contributed by atoms with Crippen LogP contribution in [0.25, 0.3) is 0 Å². The number of rotatable bonds is 14. The van der Waals surface area contributed by atoms with Gasteiger partial charge in [-0.1, -0.05) is 57.6 Å². The molecular weight excluding hydrogens is 480 g/mol. The normalized spacial score (nSPS) is 20.3. The number of nitrogens with two attached hydrogens (primary N) is 1. The monoisotopic (exact) mass is 526 g/mol.